The number of carbonyl (C=O) groups is 1. The number of fused-ring (bicyclic) bond motifs is 1. The fourth-order valence-electron chi connectivity index (χ4n) is 3.30. The van der Waals surface area contributed by atoms with Crippen LogP contribution >= 0.6 is 0 Å². The van der Waals surface area contributed by atoms with E-state index in [-0.39, 0.29) is 18.4 Å². The summed E-state index contributed by atoms with van der Waals surface area (Å²) in [6.07, 6.45) is 1.50. The van der Waals surface area contributed by atoms with Gasteiger partial charge in [-0.15, -0.1) is 0 Å². The van der Waals surface area contributed by atoms with Crippen LogP contribution in [0.3, 0.4) is 0 Å². The molecule has 2 N–H and O–H groups in total. The van der Waals surface area contributed by atoms with Gasteiger partial charge in [0, 0.05) is 5.56 Å². The molecule has 0 spiro atoms. The lowest BCUT2D eigenvalue weighted by Crippen LogP contribution is -2.20. The van der Waals surface area contributed by atoms with Crippen LogP contribution in [0.5, 0.6) is 5.75 Å². The normalized spacial score (nSPS) is 11.2. The zero-order valence-corrected chi connectivity index (χ0v) is 18.4. The first-order valence-corrected chi connectivity index (χ1v) is 10.2. The molecule has 8 heteroatoms. The average molecular weight is 442 g/mol. The molecule has 0 aliphatic rings. The molecule has 0 aliphatic heterocycles. The summed E-state index contributed by atoms with van der Waals surface area (Å²) < 4.78 is 11.4. The number of amides is 1. The highest BCUT2D eigenvalue weighted by Gasteiger charge is 2.24. The second kappa shape index (κ2) is 8.73. The largest absolute Gasteiger partial charge is 0.483 e. The number of nitrogens with zero attached hydrogens (tertiary/aromatic N) is 3. The van der Waals surface area contributed by atoms with Gasteiger partial charge in [-0.05, 0) is 56.7 Å². The lowest BCUT2D eigenvalue weighted by Gasteiger charge is -2.17. The Morgan fingerprint density at radius 3 is 2.70 bits per heavy atom. The van der Waals surface area contributed by atoms with Crippen molar-refractivity contribution in [3.63, 3.8) is 0 Å². The standard InChI is InChI=1S/C25H22N4O4/c1-15-7-5-6-8-21(15)32-14-22(30)28-16-9-10-19(27-13-16)24-29-20-12-17(26-4)11-18(23(20)33-24)25(2,3)31/h5-13,31H,14H2,1-3H3,(H,28,30). The molecule has 2 aromatic carbocycles. The Labute approximate surface area is 190 Å². The number of aromatic nitrogens is 2. The van der Waals surface area contributed by atoms with Gasteiger partial charge in [0.2, 0.25) is 5.89 Å². The van der Waals surface area contributed by atoms with Gasteiger partial charge in [0.05, 0.1) is 29.6 Å². The molecule has 2 heterocycles. The maximum absolute atomic E-state index is 12.2. The number of rotatable bonds is 6. The van der Waals surface area contributed by atoms with Crippen LogP contribution < -0.4 is 10.1 Å². The summed E-state index contributed by atoms with van der Waals surface area (Å²) in [6, 6.07) is 14.0. The van der Waals surface area contributed by atoms with Crippen molar-refractivity contribution >= 4 is 28.4 Å². The second-order valence-electron chi connectivity index (χ2n) is 8.07. The molecule has 166 valence electrons. The molecule has 2 aromatic heterocycles. The van der Waals surface area contributed by atoms with Crippen LogP contribution in [-0.4, -0.2) is 27.6 Å². The lowest BCUT2D eigenvalue weighted by molar-refractivity contribution is -0.118. The fourth-order valence-corrected chi connectivity index (χ4v) is 3.30. The van der Waals surface area contributed by atoms with Crippen LogP contribution in [-0.2, 0) is 10.4 Å². The summed E-state index contributed by atoms with van der Waals surface area (Å²) in [7, 11) is 0. The predicted octanol–water partition coefficient (Wildman–Crippen LogP) is 4.99. The molecule has 0 radical (unpaired) electrons. The maximum atomic E-state index is 12.2. The van der Waals surface area contributed by atoms with Gasteiger partial charge in [-0.3, -0.25) is 4.79 Å². The molecule has 1 amide bonds. The molecular formula is C25H22N4O4. The van der Waals surface area contributed by atoms with E-state index in [0.717, 1.165) is 5.56 Å². The molecule has 0 unspecified atom stereocenters. The van der Waals surface area contributed by atoms with E-state index in [1.54, 1.807) is 38.1 Å². The minimum absolute atomic E-state index is 0.124. The van der Waals surface area contributed by atoms with E-state index < -0.39 is 5.60 Å². The van der Waals surface area contributed by atoms with Crippen molar-refractivity contribution in [2.45, 2.75) is 26.4 Å². The van der Waals surface area contributed by atoms with Crippen molar-refractivity contribution in [3.8, 4) is 17.3 Å². The highest BCUT2D eigenvalue weighted by molar-refractivity contribution is 5.92. The summed E-state index contributed by atoms with van der Waals surface area (Å²) in [5.41, 5.74) is 2.39. The summed E-state index contributed by atoms with van der Waals surface area (Å²) >= 11 is 0. The van der Waals surface area contributed by atoms with E-state index in [1.807, 2.05) is 31.2 Å². The fraction of sp³-hybridized carbons (Fsp3) is 0.200. The Bertz CT molecular complexity index is 1360. The molecular weight excluding hydrogens is 420 g/mol. The zero-order valence-electron chi connectivity index (χ0n) is 18.4. The van der Waals surface area contributed by atoms with Gasteiger partial charge in [-0.2, -0.15) is 0 Å². The molecule has 0 saturated carbocycles. The van der Waals surface area contributed by atoms with Gasteiger partial charge in [0.1, 0.15) is 11.4 Å². The molecule has 4 rings (SSSR count). The van der Waals surface area contributed by atoms with Crippen molar-refractivity contribution in [1.82, 2.24) is 9.97 Å². The van der Waals surface area contributed by atoms with Crippen LogP contribution in [0.2, 0.25) is 0 Å². The van der Waals surface area contributed by atoms with Crippen molar-refractivity contribution < 1.29 is 19.1 Å². The summed E-state index contributed by atoms with van der Waals surface area (Å²) in [4.78, 5) is 24.4. The Hall–Kier alpha value is -4.22. The third kappa shape index (κ3) is 4.84. The first-order chi connectivity index (χ1) is 15.7. The van der Waals surface area contributed by atoms with E-state index >= 15 is 0 Å². The number of carbonyl (C=O) groups excluding carboxylic acids is 1. The maximum Gasteiger partial charge on any atom is 0.262 e. The topological polar surface area (TPSA) is 102 Å². The van der Waals surface area contributed by atoms with E-state index in [2.05, 4.69) is 20.1 Å². The third-order valence-corrected chi connectivity index (χ3v) is 4.98. The van der Waals surface area contributed by atoms with Gasteiger partial charge >= 0.3 is 0 Å². The van der Waals surface area contributed by atoms with Crippen LogP contribution in [0.25, 0.3) is 27.5 Å². The quantitative estimate of drug-likeness (QED) is 0.408. The number of nitrogens with one attached hydrogen (secondary N) is 1. The predicted molar refractivity (Wildman–Crippen MR) is 124 cm³/mol. The van der Waals surface area contributed by atoms with Gasteiger partial charge in [-0.25, -0.2) is 14.8 Å². The highest BCUT2D eigenvalue weighted by Crippen LogP contribution is 2.35. The number of anilines is 1. The molecule has 0 saturated heterocycles. The van der Waals surface area contributed by atoms with Crippen molar-refractivity contribution in [1.29, 1.82) is 0 Å². The SMILES string of the molecule is [C-]#[N+]c1cc(C(C)(C)O)c2oc(-c3ccc(NC(=O)COc4ccccc4C)cn3)nc2c1. The number of benzene rings is 2. The van der Waals surface area contributed by atoms with Crippen LogP contribution in [0.4, 0.5) is 11.4 Å². The summed E-state index contributed by atoms with van der Waals surface area (Å²) in [6.45, 7) is 12.3. The number of oxazole rings is 1. The Morgan fingerprint density at radius 2 is 2.03 bits per heavy atom. The number of ether oxygens (including phenoxy) is 1. The van der Waals surface area contributed by atoms with Crippen LogP contribution in [0, 0.1) is 13.5 Å². The molecule has 4 aromatic rings. The molecule has 0 aliphatic carbocycles. The molecule has 0 fully saturated rings. The van der Waals surface area contributed by atoms with Gasteiger partial charge in [0.15, 0.2) is 17.9 Å². The summed E-state index contributed by atoms with van der Waals surface area (Å²) in [5.74, 6) is 0.596. The zero-order chi connectivity index (χ0) is 23.6. The Morgan fingerprint density at radius 1 is 1.24 bits per heavy atom. The number of hydrogen-bond acceptors (Lipinski definition) is 6. The minimum atomic E-state index is -1.21. The van der Waals surface area contributed by atoms with E-state index in [9.17, 15) is 9.90 Å². The first kappa shape index (κ1) is 22.0. The Balaban J connectivity index is 1.50. The van der Waals surface area contributed by atoms with E-state index in [0.29, 0.717) is 39.5 Å². The number of aryl methyl sites for hydroxylation is 1. The number of hydrogen-bond donors (Lipinski definition) is 2. The first-order valence-electron chi connectivity index (χ1n) is 10.2. The molecule has 0 bridgehead atoms. The minimum Gasteiger partial charge on any atom is -0.483 e. The average Bonchev–Trinajstić information content (AvgIpc) is 3.21. The molecule has 8 nitrogen and oxygen atoms in total. The highest BCUT2D eigenvalue weighted by atomic mass is 16.5. The molecule has 0 atom stereocenters. The van der Waals surface area contributed by atoms with E-state index in [4.69, 9.17) is 15.7 Å². The lowest BCUT2D eigenvalue weighted by atomic mass is 9.97. The van der Waals surface area contributed by atoms with E-state index in [1.165, 1.54) is 6.20 Å². The smallest absolute Gasteiger partial charge is 0.262 e. The summed E-state index contributed by atoms with van der Waals surface area (Å²) in [5, 5.41) is 13.2. The van der Waals surface area contributed by atoms with Crippen molar-refractivity contribution in [2.75, 3.05) is 11.9 Å². The van der Waals surface area contributed by atoms with Gasteiger partial charge in [0.25, 0.3) is 5.91 Å². The molecule has 33 heavy (non-hydrogen) atoms. The van der Waals surface area contributed by atoms with Crippen molar-refractivity contribution in [3.05, 3.63) is 77.3 Å². The number of para-hydroxylation sites is 1. The number of pyridine rings is 1. The Kier molecular flexibility index (Phi) is 5.82. The third-order valence-electron chi connectivity index (χ3n) is 4.98. The van der Waals surface area contributed by atoms with Gasteiger partial charge in [-0.1, -0.05) is 18.2 Å². The number of aliphatic hydroxyl groups is 1. The van der Waals surface area contributed by atoms with Crippen molar-refractivity contribution in [2.24, 2.45) is 0 Å². The van der Waals surface area contributed by atoms with Crippen LogP contribution in [0.1, 0.15) is 25.0 Å². The monoisotopic (exact) mass is 442 g/mol. The van der Waals surface area contributed by atoms with Gasteiger partial charge < -0.3 is 19.6 Å². The second-order valence-corrected chi connectivity index (χ2v) is 8.07. The van der Waals surface area contributed by atoms with Crippen LogP contribution in [0.15, 0.2) is 59.1 Å².